The third-order valence-electron chi connectivity index (χ3n) is 3.53. The predicted octanol–water partition coefficient (Wildman–Crippen LogP) is 2.86. The molecule has 100 valence electrons. The number of para-hydroxylation sites is 1. The van der Waals surface area contributed by atoms with Crippen LogP contribution in [-0.4, -0.2) is 27.3 Å². The van der Waals surface area contributed by atoms with E-state index in [1.807, 2.05) is 18.2 Å². The van der Waals surface area contributed by atoms with Crippen LogP contribution in [0.15, 0.2) is 29.2 Å². The molecule has 2 rings (SSSR count). The Labute approximate surface area is 110 Å². The summed E-state index contributed by atoms with van der Waals surface area (Å²) in [6.07, 6.45) is 4.80. The van der Waals surface area contributed by atoms with Crippen LogP contribution in [0.3, 0.4) is 0 Å². The van der Waals surface area contributed by atoms with Gasteiger partial charge in [-0.3, -0.25) is 0 Å². The maximum Gasteiger partial charge on any atom is 0.180 e. The van der Waals surface area contributed by atoms with Crippen LogP contribution in [0.4, 0.5) is 5.69 Å². The molecule has 0 N–H and O–H groups in total. The van der Waals surface area contributed by atoms with Crippen LogP contribution >= 0.6 is 0 Å². The van der Waals surface area contributed by atoms with Crippen LogP contribution in [0.5, 0.6) is 0 Å². The molecule has 1 aromatic rings. The molecule has 4 heteroatoms. The molecule has 1 aliphatic rings. The fourth-order valence-electron chi connectivity index (χ4n) is 2.45. The van der Waals surface area contributed by atoms with Crippen molar-refractivity contribution in [1.29, 1.82) is 0 Å². The van der Waals surface area contributed by atoms with Gasteiger partial charge in [0.15, 0.2) is 9.84 Å². The summed E-state index contributed by atoms with van der Waals surface area (Å²) in [7, 11) is -3.13. The number of hydrogen-bond donors (Lipinski definition) is 0. The molecule has 0 spiro atoms. The summed E-state index contributed by atoms with van der Waals surface area (Å²) in [5, 5.41) is 0. The van der Waals surface area contributed by atoms with Gasteiger partial charge in [-0.1, -0.05) is 31.9 Å². The third-order valence-corrected chi connectivity index (χ3v) is 5.30. The smallest absolute Gasteiger partial charge is 0.180 e. The Morgan fingerprint density at radius 2 is 1.67 bits per heavy atom. The normalized spacial score (nSPS) is 17.5. The van der Waals surface area contributed by atoms with Crippen molar-refractivity contribution in [2.24, 2.45) is 0 Å². The first-order chi connectivity index (χ1) is 8.65. The van der Waals surface area contributed by atoms with Gasteiger partial charge in [-0.25, -0.2) is 8.42 Å². The SMILES string of the molecule is CCS(=O)(=O)c1ccccc1N1CCCCCC1. The van der Waals surface area contributed by atoms with Gasteiger partial charge in [0, 0.05) is 13.1 Å². The van der Waals surface area contributed by atoms with E-state index >= 15 is 0 Å². The molecule has 0 amide bonds. The number of nitrogens with zero attached hydrogens (tertiary/aromatic N) is 1. The lowest BCUT2D eigenvalue weighted by Gasteiger charge is -2.25. The van der Waals surface area contributed by atoms with E-state index in [1.54, 1.807) is 13.0 Å². The van der Waals surface area contributed by atoms with E-state index in [4.69, 9.17) is 0 Å². The molecule has 1 aromatic carbocycles. The van der Waals surface area contributed by atoms with Crippen molar-refractivity contribution in [2.45, 2.75) is 37.5 Å². The number of benzene rings is 1. The highest BCUT2D eigenvalue weighted by Gasteiger charge is 2.20. The molecule has 3 nitrogen and oxygen atoms in total. The van der Waals surface area contributed by atoms with Crippen LogP contribution < -0.4 is 4.90 Å². The molecule has 0 radical (unpaired) electrons. The van der Waals surface area contributed by atoms with Crippen molar-refractivity contribution in [2.75, 3.05) is 23.7 Å². The average molecular weight is 267 g/mol. The van der Waals surface area contributed by atoms with Gasteiger partial charge < -0.3 is 4.90 Å². The maximum atomic E-state index is 12.1. The van der Waals surface area contributed by atoms with E-state index in [-0.39, 0.29) is 5.75 Å². The molecule has 0 aliphatic carbocycles. The molecule has 1 fully saturated rings. The van der Waals surface area contributed by atoms with Crippen molar-refractivity contribution in [3.8, 4) is 0 Å². The van der Waals surface area contributed by atoms with Crippen LogP contribution in [0.2, 0.25) is 0 Å². The molecule has 0 unspecified atom stereocenters. The van der Waals surface area contributed by atoms with Gasteiger partial charge in [-0.15, -0.1) is 0 Å². The summed E-state index contributed by atoms with van der Waals surface area (Å²) in [5.74, 6) is 0.165. The summed E-state index contributed by atoms with van der Waals surface area (Å²) in [5.41, 5.74) is 0.890. The van der Waals surface area contributed by atoms with Crippen LogP contribution in [0.25, 0.3) is 0 Å². The van der Waals surface area contributed by atoms with Gasteiger partial charge in [0.1, 0.15) is 0 Å². The lowest BCUT2D eigenvalue weighted by molar-refractivity contribution is 0.596. The van der Waals surface area contributed by atoms with Crippen molar-refractivity contribution in [1.82, 2.24) is 0 Å². The Bertz CT molecular complexity index is 488. The molecule has 0 aromatic heterocycles. The molecule has 0 atom stereocenters. The standard InChI is InChI=1S/C14H21NO2S/c1-2-18(16,17)14-10-6-5-9-13(14)15-11-7-3-4-8-12-15/h5-6,9-10H,2-4,7-8,11-12H2,1H3. The topological polar surface area (TPSA) is 37.4 Å². The first kappa shape index (κ1) is 13.4. The molecule has 1 heterocycles. The lowest BCUT2D eigenvalue weighted by atomic mass is 10.2. The number of hydrogen-bond acceptors (Lipinski definition) is 3. The van der Waals surface area contributed by atoms with Crippen LogP contribution in [0, 0.1) is 0 Å². The molecule has 0 saturated carbocycles. The second-order valence-electron chi connectivity index (χ2n) is 4.77. The van der Waals surface area contributed by atoms with E-state index in [0.717, 1.165) is 31.6 Å². The van der Waals surface area contributed by atoms with Crippen molar-refractivity contribution < 1.29 is 8.42 Å². The summed E-state index contributed by atoms with van der Waals surface area (Å²) < 4.78 is 24.2. The highest BCUT2D eigenvalue weighted by atomic mass is 32.2. The second-order valence-corrected chi connectivity index (χ2v) is 7.02. The highest BCUT2D eigenvalue weighted by Crippen LogP contribution is 2.27. The van der Waals surface area contributed by atoms with E-state index < -0.39 is 9.84 Å². The zero-order chi connectivity index (χ0) is 13.0. The maximum absolute atomic E-state index is 12.1. The van der Waals surface area contributed by atoms with E-state index in [0.29, 0.717) is 4.90 Å². The van der Waals surface area contributed by atoms with E-state index in [9.17, 15) is 8.42 Å². The van der Waals surface area contributed by atoms with Gasteiger partial charge in [0.2, 0.25) is 0 Å². The first-order valence-corrected chi connectivity index (χ1v) is 8.37. The molecular weight excluding hydrogens is 246 g/mol. The van der Waals surface area contributed by atoms with Crippen LogP contribution in [-0.2, 0) is 9.84 Å². The highest BCUT2D eigenvalue weighted by molar-refractivity contribution is 7.91. The Hall–Kier alpha value is -1.03. The Morgan fingerprint density at radius 3 is 2.28 bits per heavy atom. The molecule has 1 saturated heterocycles. The number of sulfone groups is 1. The Morgan fingerprint density at radius 1 is 1.06 bits per heavy atom. The van der Waals surface area contributed by atoms with Gasteiger partial charge in [0.25, 0.3) is 0 Å². The van der Waals surface area contributed by atoms with Crippen molar-refractivity contribution in [3.63, 3.8) is 0 Å². The molecule has 1 aliphatic heterocycles. The summed E-state index contributed by atoms with van der Waals surface area (Å²) in [6.45, 7) is 3.64. The fraction of sp³-hybridized carbons (Fsp3) is 0.571. The van der Waals surface area contributed by atoms with Crippen molar-refractivity contribution in [3.05, 3.63) is 24.3 Å². The fourth-order valence-corrected chi connectivity index (χ4v) is 3.56. The quantitative estimate of drug-likeness (QED) is 0.845. The number of rotatable bonds is 3. The summed E-state index contributed by atoms with van der Waals surface area (Å²) in [4.78, 5) is 2.73. The zero-order valence-corrected chi connectivity index (χ0v) is 11.7. The summed E-state index contributed by atoms with van der Waals surface area (Å²) >= 11 is 0. The Kier molecular flexibility index (Phi) is 4.27. The van der Waals surface area contributed by atoms with Crippen LogP contribution in [0.1, 0.15) is 32.6 Å². The first-order valence-electron chi connectivity index (χ1n) is 6.72. The largest absolute Gasteiger partial charge is 0.370 e. The monoisotopic (exact) mass is 267 g/mol. The minimum atomic E-state index is -3.13. The van der Waals surface area contributed by atoms with Gasteiger partial charge >= 0.3 is 0 Å². The Balaban J connectivity index is 2.38. The molecule has 0 bridgehead atoms. The van der Waals surface area contributed by atoms with E-state index in [1.165, 1.54) is 12.8 Å². The van der Waals surface area contributed by atoms with Gasteiger partial charge in [-0.2, -0.15) is 0 Å². The lowest BCUT2D eigenvalue weighted by Crippen LogP contribution is -2.26. The third kappa shape index (κ3) is 2.86. The second kappa shape index (κ2) is 5.74. The van der Waals surface area contributed by atoms with E-state index in [2.05, 4.69) is 4.90 Å². The van der Waals surface area contributed by atoms with Gasteiger partial charge in [-0.05, 0) is 25.0 Å². The minimum absolute atomic E-state index is 0.165. The summed E-state index contributed by atoms with van der Waals surface area (Å²) in [6, 6.07) is 7.41. The minimum Gasteiger partial charge on any atom is -0.370 e. The zero-order valence-electron chi connectivity index (χ0n) is 10.9. The average Bonchev–Trinajstić information content (AvgIpc) is 2.67. The van der Waals surface area contributed by atoms with Crippen molar-refractivity contribution >= 4 is 15.5 Å². The predicted molar refractivity (Wildman–Crippen MR) is 74.8 cm³/mol. The molecular formula is C14H21NO2S. The molecule has 18 heavy (non-hydrogen) atoms. The number of anilines is 1. The van der Waals surface area contributed by atoms with Gasteiger partial charge in [0.05, 0.1) is 16.3 Å².